The molecule has 0 aliphatic carbocycles. The number of unbranched alkanes of at least 4 members (excludes halogenated alkanes) is 1. The lowest BCUT2D eigenvalue weighted by Gasteiger charge is -2.04. The number of benzene rings is 1. The molecule has 0 unspecified atom stereocenters. The molecule has 0 bridgehead atoms. The van der Waals surface area contributed by atoms with Crippen LogP contribution in [0.4, 0.5) is 5.69 Å². The number of hydrogen-bond acceptors (Lipinski definition) is 5. The van der Waals surface area contributed by atoms with Crippen molar-refractivity contribution in [3.63, 3.8) is 0 Å². The summed E-state index contributed by atoms with van der Waals surface area (Å²) in [6.07, 6.45) is 4.41. The van der Waals surface area contributed by atoms with E-state index in [0.717, 1.165) is 31.3 Å². The van der Waals surface area contributed by atoms with E-state index < -0.39 is 0 Å². The van der Waals surface area contributed by atoms with Crippen molar-refractivity contribution in [2.24, 2.45) is 4.99 Å². The first-order valence-corrected chi connectivity index (χ1v) is 5.13. The van der Waals surface area contributed by atoms with Crippen LogP contribution in [0.3, 0.4) is 0 Å². The van der Waals surface area contributed by atoms with Gasteiger partial charge in [0.15, 0.2) is 0 Å². The molecule has 5 nitrogen and oxygen atoms in total. The van der Waals surface area contributed by atoms with Crippen LogP contribution in [0, 0.1) is 5.41 Å². The van der Waals surface area contributed by atoms with Crippen LogP contribution >= 0.6 is 0 Å². The van der Waals surface area contributed by atoms with Gasteiger partial charge in [0.2, 0.25) is 12.2 Å². The van der Waals surface area contributed by atoms with Gasteiger partial charge in [0.25, 0.3) is 0 Å². The predicted octanol–water partition coefficient (Wildman–Crippen LogP) is 2.73. The zero-order valence-electron chi connectivity index (χ0n) is 9.60. The average molecular weight is 234 g/mol. The van der Waals surface area contributed by atoms with Crippen LogP contribution in [0.5, 0.6) is 5.75 Å². The standard InChI is InChI=1S/C11H13NO2.CHNO/c1-2-3-8-14-11-6-4-10(5-7-11)12-9-13;2-1-3/h4-7H,2-3,8H2,1H3;2H. The first-order valence-electron chi connectivity index (χ1n) is 5.13. The van der Waals surface area contributed by atoms with Crippen LogP contribution < -0.4 is 4.74 Å². The number of ether oxygens (including phenoxy) is 1. The van der Waals surface area contributed by atoms with Gasteiger partial charge in [0.1, 0.15) is 5.75 Å². The highest BCUT2D eigenvalue weighted by molar-refractivity contribution is 5.49. The molecular formula is C12H14N2O3. The lowest BCUT2D eigenvalue weighted by molar-refractivity contribution is 0.309. The van der Waals surface area contributed by atoms with Gasteiger partial charge in [0, 0.05) is 0 Å². The molecule has 0 fully saturated rings. The van der Waals surface area contributed by atoms with Crippen LogP contribution in [-0.2, 0) is 9.59 Å². The van der Waals surface area contributed by atoms with Crippen molar-refractivity contribution in [3.05, 3.63) is 24.3 Å². The van der Waals surface area contributed by atoms with Gasteiger partial charge in [-0.2, -0.15) is 4.99 Å². The first-order chi connectivity index (χ1) is 8.28. The van der Waals surface area contributed by atoms with E-state index in [1.54, 1.807) is 24.3 Å². The molecule has 0 saturated carbocycles. The zero-order chi connectivity index (χ0) is 12.9. The highest BCUT2D eigenvalue weighted by Gasteiger charge is 1.93. The molecule has 0 amide bonds. The van der Waals surface area contributed by atoms with Crippen molar-refractivity contribution in [1.29, 1.82) is 5.41 Å². The molecule has 17 heavy (non-hydrogen) atoms. The van der Waals surface area contributed by atoms with Crippen molar-refractivity contribution in [1.82, 2.24) is 0 Å². The Kier molecular flexibility index (Phi) is 8.96. The number of carbonyl (C=O) groups excluding carboxylic acids is 2. The van der Waals surface area contributed by atoms with Crippen molar-refractivity contribution < 1.29 is 14.3 Å². The molecule has 0 aliphatic rings. The van der Waals surface area contributed by atoms with Gasteiger partial charge < -0.3 is 4.74 Å². The van der Waals surface area contributed by atoms with Crippen molar-refractivity contribution >= 4 is 17.8 Å². The minimum atomic E-state index is 0.600. The van der Waals surface area contributed by atoms with E-state index in [1.807, 2.05) is 0 Å². The third-order valence-corrected chi connectivity index (χ3v) is 1.78. The Labute approximate surface area is 99.6 Å². The molecule has 90 valence electrons. The quantitative estimate of drug-likeness (QED) is 0.483. The Morgan fingerprint density at radius 2 is 1.88 bits per heavy atom. The van der Waals surface area contributed by atoms with E-state index in [4.69, 9.17) is 14.9 Å². The third kappa shape index (κ3) is 7.68. The van der Waals surface area contributed by atoms with E-state index in [9.17, 15) is 4.79 Å². The summed E-state index contributed by atoms with van der Waals surface area (Å²) in [4.78, 5) is 21.8. The maximum Gasteiger partial charge on any atom is 0.240 e. The zero-order valence-corrected chi connectivity index (χ0v) is 9.60. The molecule has 0 radical (unpaired) electrons. The normalized spacial score (nSPS) is 8.06. The lowest BCUT2D eigenvalue weighted by Crippen LogP contribution is -1.95. The van der Waals surface area contributed by atoms with Crippen LogP contribution in [0.25, 0.3) is 0 Å². The van der Waals surface area contributed by atoms with Crippen molar-refractivity contribution in [2.75, 3.05) is 6.61 Å². The maximum atomic E-state index is 9.95. The topological polar surface area (TPSA) is 79.6 Å². The largest absolute Gasteiger partial charge is 0.494 e. The molecule has 0 atom stereocenters. The number of aliphatic imine (C=N–C) groups is 1. The minimum absolute atomic E-state index is 0.600. The van der Waals surface area contributed by atoms with Gasteiger partial charge in [-0.1, -0.05) is 13.3 Å². The van der Waals surface area contributed by atoms with E-state index in [0.29, 0.717) is 5.69 Å². The van der Waals surface area contributed by atoms with Gasteiger partial charge in [-0.15, -0.1) is 0 Å². The molecule has 0 spiro atoms. The fourth-order valence-corrected chi connectivity index (χ4v) is 1.00. The smallest absolute Gasteiger partial charge is 0.240 e. The van der Waals surface area contributed by atoms with E-state index in [-0.39, 0.29) is 0 Å². The van der Waals surface area contributed by atoms with Crippen LogP contribution in [0.15, 0.2) is 29.3 Å². The number of nitrogens with zero attached hydrogens (tertiary/aromatic N) is 1. The number of isocyanates is 2. The molecule has 0 heterocycles. The first kappa shape index (κ1) is 14.8. The van der Waals surface area contributed by atoms with Gasteiger partial charge in [-0.3, -0.25) is 0 Å². The Bertz CT molecular complexity index is 389. The van der Waals surface area contributed by atoms with Crippen LogP contribution in [0.2, 0.25) is 0 Å². The summed E-state index contributed by atoms with van der Waals surface area (Å²) in [5.74, 6) is 0.809. The summed E-state index contributed by atoms with van der Waals surface area (Å²) in [6, 6.07) is 7.05. The molecule has 1 rings (SSSR count). The van der Waals surface area contributed by atoms with E-state index in [2.05, 4.69) is 11.9 Å². The molecule has 1 aromatic carbocycles. The highest BCUT2D eigenvalue weighted by Crippen LogP contribution is 2.17. The Hall–Kier alpha value is -2.22. The summed E-state index contributed by atoms with van der Waals surface area (Å²) >= 11 is 0. The lowest BCUT2D eigenvalue weighted by atomic mass is 10.3. The summed E-state index contributed by atoms with van der Waals surface area (Å²) in [5, 5.41) is 5.40. The molecular weight excluding hydrogens is 220 g/mol. The number of rotatable bonds is 5. The second-order valence-electron chi connectivity index (χ2n) is 3.00. The van der Waals surface area contributed by atoms with Crippen molar-refractivity contribution in [2.45, 2.75) is 19.8 Å². The third-order valence-electron chi connectivity index (χ3n) is 1.78. The summed E-state index contributed by atoms with van der Waals surface area (Å²) in [7, 11) is 0. The van der Waals surface area contributed by atoms with Gasteiger partial charge >= 0.3 is 0 Å². The average Bonchev–Trinajstić information content (AvgIpc) is 2.33. The van der Waals surface area contributed by atoms with Crippen LogP contribution in [-0.4, -0.2) is 18.8 Å². The van der Waals surface area contributed by atoms with Gasteiger partial charge in [-0.25, -0.2) is 15.0 Å². The van der Waals surface area contributed by atoms with E-state index in [1.165, 1.54) is 6.08 Å². The molecule has 1 aromatic rings. The highest BCUT2D eigenvalue weighted by atomic mass is 16.5. The van der Waals surface area contributed by atoms with Gasteiger partial charge in [0.05, 0.1) is 12.3 Å². The monoisotopic (exact) mass is 234 g/mol. The molecule has 1 N–H and O–H groups in total. The maximum absolute atomic E-state index is 9.95. The fourth-order valence-electron chi connectivity index (χ4n) is 1.00. The van der Waals surface area contributed by atoms with Crippen molar-refractivity contribution in [3.8, 4) is 5.75 Å². The van der Waals surface area contributed by atoms with Crippen LogP contribution in [0.1, 0.15) is 19.8 Å². The Morgan fingerprint density at radius 3 is 2.35 bits per heavy atom. The number of nitrogens with one attached hydrogen (secondary N) is 1. The molecule has 5 heteroatoms. The second-order valence-corrected chi connectivity index (χ2v) is 3.00. The second kappa shape index (κ2) is 10.3. The SMILES string of the molecule is CCCCOc1ccc(N=C=O)cc1.N=C=O. The van der Waals surface area contributed by atoms with E-state index >= 15 is 0 Å². The summed E-state index contributed by atoms with van der Waals surface area (Å²) in [6.45, 7) is 2.85. The minimum Gasteiger partial charge on any atom is -0.494 e. The Balaban J connectivity index is 0.000000770. The van der Waals surface area contributed by atoms with Gasteiger partial charge in [-0.05, 0) is 30.7 Å². The molecule has 0 aromatic heterocycles. The molecule has 0 aliphatic heterocycles. The molecule has 0 saturated heterocycles. The Morgan fingerprint density at radius 1 is 1.29 bits per heavy atom. The summed E-state index contributed by atoms with van der Waals surface area (Å²) in [5.41, 5.74) is 0.600. The fraction of sp³-hybridized carbons (Fsp3) is 0.333. The number of hydrogen-bond donors (Lipinski definition) is 1. The predicted molar refractivity (Wildman–Crippen MR) is 63.0 cm³/mol. The summed E-state index contributed by atoms with van der Waals surface area (Å²) < 4.78 is 5.44.